The van der Waals surface area contributed by atoms with Crippen molar-refractivity contribution in [2.45, 2.75) is 0 Å². The van der Waals surface area contributed by atoms with Crippen molar-refractivity contribution in [1.29, 1.82) is 0 Å². The lowest BCUT2D eigenvalue weighted by atomic mass is 10.2. The lowest BCUT2D eigenvalue weighted by Gasteiger charge is -2.01. The second kappa shape index (κ2) is 4.27. The van der Waals surface area contributed by atoms with Crippen molar-refractivity contribution in [3.63, 3.8) is 0 Å². The molecule has 0 saturated heterocycles. The van der Waals surface area contributed by atoms with Crippen molar-refractivity contribution >= 4 is 23.4 Å². The highest BCUT2D eigenvalue weighted by Gasteiger charge is 2.11. The molecule has 2 aromatic heterocycles. The van der Waals surface area contributed by atoms with Gasteiger partial charge in [-0.05, 0) is 12.1 Å². The van der Waals surface area contributed by atoms with Gasteiger partial charge in [-0.25, -0.2) is 4.98 Å². The molecule has 0 saturated carbocycles. The molecule has 0 aliphatic heterocycles. The molecule has 0 fully saturated rings. The van der Waals surface area contributed by atoms with E-state index < -0.39 is 0 Å². The van der Waals surface area contributed by atoms with E-state index in [1.54, 1.807) is 18.3 Å². The van der Waals surface area contributed by atoms with Gasteiger partial charge in [0.05, 0.1) is 10.5 Å². The summed E-state index contributed by atoms with van der Waals surface area (Å²) in [5, 5.41) is 0.606. The van der Waals surface area contributed by atoms with Crippen molar-refractivity contribution in [3.05, 3.63) is 59.4 Å². The van der Waals surface area contributed by atoms with Gasteiger partial charge in [-0.2, -0.15) is 0 Å². The van der Waals surface area contributed by atoms with Gasteiger partial charge in [0.1, 0.15) is 11.5 Å². The second-order valence-electron chi connectivity index (χ2n) is 3.91. The molecule has 18 heavy (non-hydrogen) atoms. The van der Waals surface area contributed by atoms with Crippen molar-refractivity contribution in [2.75, 3.05) is 0 Å². The van der Waals surface area contributed by atoms with Crippen LogP contribution in [0.3, 0.4) is 0 Å². The van der Waals surface area contributed by atoms with Crippen molar-refractivity contribution in [1.82, 2.24) is 9.38 Å². The quantitative estimate of drug-likeness (QED) is 0.658. The van der Waals surface area contributed by atoms with Crippen LogP contribution in [-0.4, -0.2) is 15.7 Å². The van der Waals surface area contributed by atoms with E-state index in [1.165, 1.54) is 0 Å². The number of benzene rings is 1. The number of hydrogen-bond donors (Lipinski definition) is 0. The molecule has 3 rings (SSSR count). The first-order chi connectivity index (χ1) is 8.79. The Bertz CT molecular complexity index is 719. The summed E-state index contributed by atoms with van der Waals surface area (Å²) in [6.07, 6.45) is 2.52. The summed E-state index contributed by atoms with van der Waals surface area (Å²) in [7, 11) is 0. The summed E-state index contributed by atoms with van der Waals surface area (Å²) < 4.78 is 1.83. The van der Waals surface area contributed by atoms with Crippen molar-refractivity contribution in [2.24, 2.45) is 0 Å². The van der Waals surface area contributed by atoms with E-state index in [1.807, 2.05) is 34.7 Å². The Kier molecular flexibility index (Phi) is 2.61. The van der Waals surface area contributed by atoms with Crippen LogP contribution in [0.4, 0.5) is 0 Å². The minimum Gasteiger partial charge on any atom is -0.298 e. The Morgan fingerprint density at radius 1 is 1.11 bits per heavy atom. The van der Waals surface area contributed by atoms with E-state index in [0.717, 1.165) is 23.2 Å². The number of imidazole rings is 1. The minimum atomic E-state index is 0.422. The molecule has 3 nitrogen and oxygen atoms in total. The van der Waals surface area contributed by atoms with E-state index in [9.17, 15) is 4.79 Å². The molecule has 0 aliphatic carbocycles. The fourth-order valence-electron chi connectivity index (χ4n) is 1.96. The van der Waals surface area contributed by atoms with Gasteiger partial charge in [0, 0.05) is 11.8 Å². The number of halogens is 1. The zero-order valence-corrected chi connectivity index (χ0v) is 10.1. The van der Waals surface area contributed by atoms with Crippen LogP contribution in [0.1, 0.15) is 10.5 Å². The van der Waals surface area contributed by atoms with Crippen LogP contribution in [-0.2, 0) is 0 Å². The van der Waals surface area contributed by atoms with Crippen LogP contribution in [0, 0.1) is 0 Å². The number of aldehydes is 1. The lowest BCUT2D eigenvalue weighted by molar-refractivity contribution is 0.112. The summed E-state index contributed by atoms with van der Waals surface area (Å²) in [4.78, 5) is 15.4. The molecule has 3 aromatic rings. The number of pyridine rings is 1. The monoisotopic (exact) mass is 256 g/mol. The van der Waals surface area contributed by atoms with Crippen LogP contribution in [0.5, 0.6) is 0 Å². The molecule has 2 heterocycles. The highest BCUT2D eigenvalue weighted by Crippen LogP contribution is 2.23. The molecule has 0 aliphatic rings. The van der Waals surface area contributed by atoms with Crippen LogP contribution < -0.4 is 0 Å². The zero-order chi connectivity index (χ0) is 12.5. The number of hydrogen-bond acceptors (Lipinski definition) is 2. The van der Waals surface area contributed by atoms with Crippen LogP contribution in [0.15, 0.2) is 48.7 Å². The van der Waals surface area contributed by atoms with Gasteiger partial charge in [-0.15, -0.1) is 0 Å². The molecule has 88 valence electrons. The number of carbonyl (C=O) groups excluding carboxylic acids is 1. The highest BCUT2D eigenvalue weighted by molar-refractivity contribution is 6.30. The SMILES string of the molecule is O=Cc1nc(-c2ccccc2)n2cc(Cl)ccc12. The maximum Gasteiger partial charge on any atom is 0.170 e. The van der Waals surface area contributed by atoms with Gasteiger partial charge >= 0.3 is 0 Å². The highest BCUT2D eigenvalue weighted by atomic mass is 35.5. The Hall–Kier alpha value is -2.13. The Labute approximate surface area is 109 Å². The van der Waals surface area contributed by atoms with Crippen molar-refractivity contribution in [3.8, 4) is 11.4 Å². The maximum atomic E-state index is 11.0. The molecular weight excluding hydrogens is 248 g/mol. The molecule has 0 N–H and O–H groups in total. The predicted molar refractivity (Wildman–Crippen MR) is 71.0 cm³/mol. The van der Waals surface area contributed by atoms with E-state index in [0.29, 0.717) is 10.7 Å². The number of aromatic nitrogens is 2. The van der Waals surface area contributed by atoms with Gasteiger partial charge in [0.15, 0.2) is 6.29 Å². The molecule has 0 unspecified atom stereocenters. The van der Waals surface area contributed by atoms with E-state index >= 15 is 0 Å². The van der Waals surface area contributed by atoms with Crippen LogP contribution >= 0.6 is 11.6 Å². The topological polar surface area (TPSA) is 34.4 Å². The first kappa shape index (κ1) is 11.0. The Morgan fingerprint density at radius 2 is 1.89 bits per heavy atom. The normalized spacial score (nSPS) is 10.7. The molecule has 0 amide bonds. The summed E-state index contributed by atoms with van der Waals surface area (Å²) in [5.41, 5.74) is 2.13. The molecule has 0 bridgehead atoms. The smallest absolute Gasteiger partial charge is 0.170 e. The van der Waals surface area contributed by atoms with Gasteiger partial charge in [-0.3, -0.25) is 9.20 Å². The molecule has 1 aromatic carbocycles. The zero-order valence-electron chi connectivity index (χ0n) is 9.38. The minimum absolute atomic E-state index is 0.422. The molecular formula is C14H9ClN2O. The molecule has 0 radical (unpaired) electrons. The number of carbonyl (C=O) groups is 1. The summed E-state index contributed by atoms with van der Waals surface area (Å²) in [6, 6.07) is 13.2. The van der Waals surface area contributed by atoms with E-state index in [2.05, 4.69) is 4.98 Å². The Balaban J connectivity index is 2.36. The predicted octanol–water partition coefficient (Wildman–Crippen LogP) is 3.47. The largest absolute Gasteiger partial charge is 0.298 e. The fourth-order valence-corrected chi connectivity index (χ4v) is 2.12. The number of nitrogens with zero attached hydrogens (tertiary/aromatic N) is 2. The summed E-state index contributed by atoms with van der Waals surface area (Å²) >= 11 is 5.99. The van der Waals surface area contributed by atoms with Crippen LogP contribution in [0.2, 0.25) is 5.02 Å². The summed E-state index contributed by atoms with van der Waals surface area (Å²) in [5.74, 6) is 0.718. The molecule has 0 atom stereocenters. The third kappa shape index (κ3) is 1.69. The average molecular weight is 257 g/mol. The van der Waals surface area contributed by atoms with E-state index in [4.69, 9.17) is 11.6 Å². The first-order valence-corrected chi connectivity index (χ1v) is 5.85. The fraction of sp³-hybridized carbons (Fsp3) is 0. The van der Waals surface area contributed by atoms with Gasteiger partial charge < -0.3 is 0 Å². The number of rotatable bonds is 2. The average Bonchev–Trinajstić information content (AvgIpc) is 2.77. The standard InChI is InChI=1S/C14H9ClN2O/c15-11-6-7-13-12(9-18)16-14(17(13)8-11)10-4-2-1-3-5-10/h1-9H. The summed E-state index contributed by atoms with van der Waals surface area (Å²) in [6.45, 7) is 0. The lowest BCUT2D eigenvalue weighted by Crippen LogP contribution is -1.88. The second-order valence-corrected chi connectivity index (χ2v) is 4.34. The van der Waals surface area contributed by atoms with Gasteiger partial charge in [-0.1, -0.05) is 41.9 Å². The van der Waals surface area contributed by atoms with E-state index in [-0.39, 0.29) is 0 Å². The van der Waals surface area contributed by atoms with Gasteiger partial charge in [0.2, 0.25) is 0 Å². The molecule has 4 heteroatoms. The first-order valence-electron chi connectivity index (χ1n) is 5.48. The maximum absolute atomic E-state index is 11.0. The van der Waals surface area contributed by atoms with Crippen molar-refractivity contribution < 1.29 is 4.79 Å². The number of fused-ring (bicyclic) bond motifs is 1. The third-order valence-electron chi connectivity index (χ3n) is 2.77. The third-order valence-corrected chi connectivity index (χ3v) is 3.00. The Morgan fingerprint density at radius 3 is 2.61 bits per heavy atom. The van der Waals surface area contributed by atoms with Gasteiger partial charge in [0.25, 0.3) is 0 Å². The molecule has 0 spiro atoms. The van der Waals surface area contributed by atoms with Crippen LogP contribution in [0.25, 0.3) is 16.9 Å².